The van der Waals surface area contributed by atoms with Crippen LogP contribution in [0.25, 0.3) is 10.8 Å². The van der Waals surface area contributed by atoms with Crippen LogP contribution in [0.1, 0.15) is 62.8 Å². The zero-order chi connectivity index (χ0) is 20.9. The van der Waals surface area contributed by atoms with E-state index >= 15 is 0 Å². The Hall–Kier alpha value is -2.56. The maximum absolute atomic E-state index is 12.5. The smallest absolute Gasteiger partial charge is 0.303 e. The van der Waals surface area contributed by atoms with Gasteiger partial charge in [-0.15, -0.1) is 0 Å². The fourth-order valence-electron chi connectivity index (χ4n) is 5.23. The topological polar surface area (TPSA) is 75.6 Å². The molecule has 1 aliphatic carbocycles. The summed E-state index contributed by atoms with van der Waals surface area (Å²) < 4.78 is 5.72. The molecule has 2 fully saturated rings. The van der Waals surface area contributed by atoms with Crippen LogP contribution in [0.5, 0.6) is 5.75 Å². The van der Waals surface area contributed by atoms with Gasteiger partial charge in [-0.3, -0.25) is 9.59 Å². The first-order valence-electron chi connectivity index (χ1n) is 11.3. The number of benzene rings is 2. The Morgan fingerprint density at radius 1 is 1.07 bits per heavy atom. The summed E-state index contributed by atoms with van der Waals surface area (Å²) in [4.78, 5) is 23.2. The predicted octanol–water partition coefficient (Wildman–Crippen LogP) is 4.88. The first kappa shape index (κ1) is 20.7. The fraction of sp³-hybridized carbons (Fsp3) is 0.520. The van der Waals surface area contributed by atoms with E-state index in [9.17, 15) is 9.59 Å². The number of aliphatic carboxylic acids is 1. The molecule has 2 N–H and O–H groups in total. The van der Waals surface area contributed by atoms with Gasteiger partial charge in [0, 0.05) is 18.9 Å². The SMILES string of the molecule is O=C(O)CCCOc1ccc2cc(C(C3CCCCC3)C3CCNC3=O)ccc2c1. The Labute approximate surface area is 177 Å². The highest BCUT2D eigenvalue weighted by Crippen LogP contribution is 2.43. The van der Waals surface area contributed by atoms with Crippen molar-refractivity contribution >= 4 is 22.6 Å². The van der Waals surface area contributed by atoms with Gasteiger partial charge in [0.15, 0.2) is 0 Å². The number of fused-ring (bicyclic) bond motifs is 1. The van der Waals surface area contributed by atoms with E-state index in [4.69, 9.17) is 9.84 Å². The molecule has 2 aromatic rings. The third-order valence-corrected chi connectivity index (χ3v) is 6.71. The van der Waals surface area contributed by atoms with Gasteiger partial charge in [-0.05, 0) is 66.0 Å². The average Bonchev–Trinajstić information content (AvgIpc) is 3.17. The molecule has 2 aromatic carbocycles. The minimum absolute atomic E-state index is 0.0855. The minimum Gasteiger partial charge on any atom is -0.494 e. The number of nitrogens with one attached hydrogen (secondary N) is 1. The van der Waals surface area contributed by atoms with Crippen molar-refractivity contribution in [2.45, 2.75) is 57.3 Å². The molecule has 1 saturated heterocycles. The molecule has 5 heteroatoms. The highest BCUT2D eigenvalue weighted by molar-refractivity contribution is 5.86. The van der Waals surface area contributed by atoms with E-state index in [0.29, 0.717) is 24.9 Å². The Morgan fingerprint density at radius 2 is 1.83 bits per heavy atom. The summed E-state index contributed by atoms with van der Waals surface area (Å²) in [5.41, 5.74) is 1.28. The van der Waals surface area contributed by atoms with Gasteiger partial charge in [0.2, 0.25) is 5.91 Å². The van der Waals surface area contributed by atoms with Gasteiger partial charge < -0.3 is 15.2 Å². The van der Waals surface area contributed by atoms with Gasteiger partial charge in [0.25, 0.3) is 0 Å². The van der Waals surface area contributed by atoms with Crippen LogP contribution < -0.4 is 10.1 Å². The summed E-state index contributed by atoms with van der Waals surface area (Å²) in [5.74, 6) is 1.15. The molecule has 1 amide bonds. The van der Waals surface area contributed by atoms with Crippen molar-refractivity contribution in [1.29, 1.82) is 0 Å². The van der Waals surface area contributed by atoms with Gasteiger partial charge in [0.05, 0.1) is 6.61 Å². The van der Waals surface area contributed by atoms with Crippen LogP contribution in [0.15, 0.2) is 36.4 Å². The second-order valence-corrected chi connectivity index (χ2v) is 8.72. The second kappa shape index (κ2) is 9.50. The molecule has 0 bridgehead atoms. The standard InChI is InChI=1S/C25H31NO4/c27-23(28)7-4-14-30-21-11-10-18-15-20(9-8-19(18)16-21)24(17-5-2-1-3-6-17)22-12-13-26-25(22)29/h8-11,15-17,22,24H,1-7,12-14H2,(H,26,29)(H,27,28). The van der Waals surface area contributed by atoms with E-state index in [1.807, 2.05) is 12.1 Å². The van der Waals surface area contributed by atoms with Gasteiger partial charge in [-0.1, -0.05) is 43.5 Å². The largest absolute Gasteiger partial charge is 0.494 e. The summed E-state index contributed by atoms with van der Waals surface area (Å²) in [7, 11) is 0. The molecule has 0 aromatic heterocycles. The van der Waals surface area contributed by atoms with Crippen molar-refractivity contribution in [2.24, 2.45) is 11.8 Å². The fourth-order valence-corrected chi connectivity index (χ4v) is 5.23. The number of carboxylic acids is 1. The zero-order valence-electron chi connectivity index (χ0n) is 17.4. The van der Waals surface area contributed by atoms with Crippen LogP contribution in [0.3, 0.4) is 0 Å². The van der Waals surface area contributed by atoms with Crippen molar-refractivity contribution in [3.63, 3.8) is 0 Å². The molecule has 2 unspecified atom stereocenters. The maximum atomic E-state index is 12.5. The summed E-state index contributed by atoms with van der Waals surface area (Å²) in [6.07, 6.45) is 7.84. The van der Waals surface area contributed by atoms with Gasteiger partial charge >= 0.3 is 5.97 Å². The van der Waals surface area contributed by atoms with Crippen LogP contribution in [0, 0.1) is 11.8 Å². The third kappa shape index (κ3) is 4.77. The van der Waals surface area contributed by atoms with E-state index in [-0.39, 0.29) is 18.2 Å². The normalized spacial score (nSPS) is 20.8. The van der Waals surface area contributed by atoms with Crippen molar-refractivity contribution in [2.75, 3.05) is 13.2 Å². The molecule has 30 heavy (non-hydrogen) atoms. The lowest BCUT2D eigenvalue weighted by atomic mass is 9.70. The maximum Gasteiger partial charge on any atom is 0.303 e. The molecule has 1 saturated carbocycles. The first-order valence-corrected chi connectivity index (χ1v) is 11.3. The summed E-state index contributed by atoms with van der Waals surface area (Å²) in [5, 5.41) is 14.0. The molecule has 1 heterocycles. The third-order valence-electron chi connectivity index (χ3n) is 6.71. The average molecular weight is 410 g/mol. The van der Waals surface area contributed by atoms with E-state index in [1.165, 1.54) is 37.7 Å². The number of carboxylic acid groups (broad SMARTS) is 1. The Balaban J connectivity index is 1.54. The van der Waals surface area contributed by atoms with Crippen molar-refractivity contribution in [1.82, 2.24) is 5.32 Å². The first-order chi connectivity index (χ1) is 14.6. The second-order valence-electron chi connectivity index (χ2n) is 8.72. The van der Waals surface area contributed by atoms with Gasteiger partial charge in [-0.2, -0.15) is 0 Å². The Morgan fingerprint density at radius 3 is 2.57 bits per heavy atom. The number of amides is 1. The van der Waals surface area contributed by atoms with Crippen LogP contribution in [-0.2, 0) is 9.59 Å². The van der Waals surface area contributed by atoms with Crippen molar-refractivity contribution in [3.05, 3.63) is 42.0 Å². The Kier molecular flexibility index (Phi) is 6.56. The molecular weight excluding hydrogens is 378 g/mol. The minimum atomic E-state index is -0.798. The van der Waals surface area contributed by atoms with Gasteiger partial charge in [-0.25, -0.2) is 0 Å². The van der Waals surface area contributed by atoms with Crippen molar-refractivity contribution < 1.29 is 19.4 Å². The lowest BCUT2D eigenvalue weighted by Crippen LogP contribution is -2.29. The molecule has 0 spiro atoms. The van der Waals surface area contributed by atoms with E-state index < -0.39 is 5.97 Å². The zero-order valence-corrected chi connectivity index (χ0v) is 17.4. The predicted molar refractivity (Wildman–Crippen MR) is 117 cm³/mol. The molecule has 160 valence electrons. The monoisotopic (exact) mass is 409 g/mol. The highest BCUT2D eigenvalue weighted by Gasteiger charge is 2.38. The van der Waals surface area contributed by atoms with Crippen LogP contribution in [0.4, 0.5) is 0 Å². The van der Waals surface area contributed by atoms with E-state index in [1.54, 1.807) is 0 Å². The molecular formula is C25H31NO4. The quantitative estimate of drug-likeness (QED) is 0.609. The number of carbonyl (C=O) groups excluding carboxylic acids is 1. The molecule has 5 nitrogen and oxygen atoms in total. The molecule has 1 aliphatic heterocycles. The molecule has 0 radical (unpaired) electrons. The molecule has 4 rings (SSSR count). The number of rotatable bonds is 8. The number of hydrogen-bond acceptors (Lipinski definition) is 3. The number of ether oxygens (including phenoxy) is 1. The van der Waals surface area contributed by atoms with Crippen molar-refractivity contribution in [3.8, 4) is 5.75 Å². The Bertz CT molecular complexity index is 903. The van der Waals surface area contributed by atoms with Crippen LogP contribution in [0.2, 0.25) is 0 Å². The van der Waals surface area contributed by atoms with Crippen LogP contribution >= 0.6 is 0 Å². The summed E-state index contributed by atoms with van der Waals surface area (Å²) in [6, 6.07) is 12.6. The molecule has 2 atom stereocenters. The van der Waals surface area contributed by atoms with E-state index in [2.05, 4.69) is 29.6 Å². The van der Waals surface area contributed by atoms with Gasteiger partial charge in [0.1, 0.15) is 5.75 Å². The lowest BCUT2D eigenvalue weighted by Gasteiger charge is -2.34. The number of hydrogen-bond donors (Lipinski definition) is 2. The highest BCUT2D eigenvalue weighted by atomic mass is 16.5. The summed E-state index contributed by atoms with van der Waals surface area (Å²) >= 11 is 0. The molecule has 2 aliphatic rings. The van der Waals surface area contributed by atoms with E-state index in [0.717, 1.165) is 29.5 Å². The summed E-state index contributed by atoms with van der Waals surface area (Å²) in [6.45, 7) is 1.19. The lowest BCUT2D eigenvalue weighted by molar-refractivity contribution is -0.137. The number of carbonyl (C=O) groups is 2. The van der Waals surface area contributed by atoms with Crippen LogP contribution in [-0.4, -0.2) is 30.1 Å².